The van der Waals surface area contributed by atoms with E-state index >= 15 is 0 Å². The van der Waals surface area contributed by atoms with E-state index in [-0.39, 0.29) is 0 Å². The van der Waals surface area contributed by atoms with Crippen LogP contribution in [0.1, 0.15) is 0 Å². The number of fused-ring (bicyclic) bond motifs is 5. The van der Waals surface area contributed by atoms with Gasteiger partial charge in [0.25, 0.3) is 0 Å². The number of hydrogen-bond acceptors (Lipinski definition) is 4. The summed E-state index contributed by atoms with van der Waals surface area (Å²) in [6.45, 7) is 0. The number of rotatable bonds is 6. The summed E-state index contributed by atoms with van der Waals surface area (Å²) in [7, 11) is 0. The van der Waals surface area contributed by atoms with Crippen molar-refractivity contribution in [1.82, 2.24) is 4.98 Å². The summed E-state index contributed by atoms with van der Waals surface area (Å²) >= 11 is 0. The van der Waals surface area contributed by atoms with E-state index < -0.39 is 0 Å². The second-order valence-corrected chi connectivity index (χ2v) is 12.8. The second kappa shape index (κ2) is 11.9. The van der Waals surface area contributed by atoms with Crippen molar-refractivity contribution in [3.8, 4) is 33.7 Å². The van der Waals surface area contributed by atoms with E-state index in [4.69, 9.17) is 13.8 Å². The van der Waals surface area contributed by atoms with Gasteiger partial charge in [0.15, 0.2) is 5.58 Å². The smallest absolute Gasteiger partial charge is 0.227 e. The Morgan fingerprint density at radius 2 is 1.08 bits per heavy atom. The molecule has 0 aliphatic heterocycles. The topological polar surface area (TPSA) is 42.4 Å². The average molecular weight is 655 g/mol. The predicted octanol–water partition coefficient (Wildman–Crippen LogP) is 13.4. The van der Waals surface area contributed by atoms with Crippen molar-refractivity contribution < 1.29 is 8.83 Å². The molecule has 51 heavy (non-hydrogen) atoms. The van der Waals surface area contributed by atoms with E-state index in [1.54, 1.807) is 0 Å². The van der Waals surface area contributed by atoms with Gasteiger partial charge in [-0.15, -0.1) is 0 Å². The van der Waals surface area contributed by atoms with Gasteiger partial charge < -0.3 is 13.7 Å². The summed E-state index contributed by atoms with van der Waals surface area (Å²) in [5, 5.41) is 4.40. The Morgan fingerprint density at radius 3 is 1.90 bits per heavy atom. The Bertz CT molecular complexity index is 2850. The highest BCUT2D eigenvalue weighted by atomic mass is 16.4. The van der Waals surface area contributed by atoms with Crippen LogP contribution in [-0.4, -0.2) is 4.98 Å². The van der Waals surface area contributed by atoms with Crippen molar-refractivity contribution in [3.63, 3.8) is 0 Å². The molecule has 0 spiro atoms. The van der Waals surface area contributed by atoms with Crippen LogP contribution in [-0.2, 0) is 0 Å². The van der Waals surface area contributed by atoms with Gasteiger partial charge in [0.2, 0.25) is 5.89 Å². The molecule has 0 aliphatic rings. The predicted molar refractivity (Wildman–Crippen MR) is 210 cm³/mol. The van der Waals surface area contributed by atoms with E-state index in [0.29, 0.717) is 11.5 Å². The number of benzene rings is 8. The van der Waals surface area contributed by atoms with Crippen LogP contribution in [0, 0.1) is 0 Å². The molecule has 0 fully saturated rings. The Hall–Kier alpha value is -6.91. The molecule has 0 N–H and O–H groups in total. The molecular weight excluding hydrogens is 625 g/mol. The number of aromatic nitrogens is 1. The molecule has 0 unspecified atom stereocenters. The molecule has 4 heteroatoms. The molecule has 0 bridgehead atoms. The van der Waals surface area contributed by atoms with Gasteiger partial charge in [-0.1, -0.05) is 121 Å². The Morgan fingerprint density at radius 1 is 0.412 bits per heavy atom. The van der Waals surface area contributed by atoms with Crippen LogP contribution in [0.25, 0.3) is 77.5 Å². The van der Waals surface area contributed by atoms with Crippen LogP contribution in [0.15, 0.2) is 191 Å². The highest BCUT2D eigenvalue weighted by molar-refractivity contribution is 6.16. The van der Waals surface area contributed by atoms with Gasteiger partial charge in [0.05, 0.1) is 16.8 Å². The molecule has 2 aromatic heterocycles. The van der Waals surface area contributed by atoms with Gasteiger partial charge in [0, 0.05) is 28.3 Å². The molecular formula is C47H30N2O2. The van der Waals surface area contributed by atoms with E-state index in [1.807, 2.05) is 48.5 Å². The van der Waals surface area contributed by atoms with Crippen LogP contribution in [0.2, 0.25) is 0 Å². The van der Waals surface area contributed by atoms with Gasteiger partial charge in [-0.2, -0.15) is 0 Å². The first-order chi connectivity index (χ1) is 25.3. The SMILES string of the molecule is c1ccc(-c2ccc(N(c3ccccc3-c3ccc4ccccc4c3)c3cccc4oc5cc6nc(-c7ccccc7)oc6cc5c34)cc2)cc1. The Labute approximate surface area is 294 Å². The van der Waals surface area contributed by atoms with Gasteiger partial charge in [-0.05, 0) is 82.1 Å². The molecule has 10 rings (SSSR count). The summed E-state index contributed by atoms with van der Waals surface area (Å²) in [4.78, 5) is 7.18. The van der Waals surface area contributed by atoms with Gasteiger partial charge >= 0.3 is 0 Å². The summed E-state index contributed by atoms with van der Waals surface area (Å²) in [5.74, 6) is 0.590. The Kier molecular flexibility index (Phi) is 6.78. The number of para-hydroxylation sites is 1. The molecule has 0 saturated heterocycles. The lowest BCUT2D eigenvalue weighted by atomic mass is 9.98. The van der Waals surface area contributed by atoms with Crippen molar-refractivity contribution >= 4 is 60.9 Å². The minimum absolute atomic E-state index is 0.590. The van der Waals surface area contributed by atoms with Crippen molar-refractivity contribution in [3.05, 3.63) is 182 Å². The molecule has 0 aliphatic carbocycles. The fourth-order valence-electron chi connectivity index (χ4n) is 7.23. The summed E-state index contributed by atoms with van der Waals surface area (Å²) in [6.07, 6.45) is 0. The molecule has 240 valence electrons. The maximum absolute atomic E-state index is 6.57. The van der Waals surface area contributed by atoms with Gasteiger partial charge in [-0.3, -0.25) is 0 Å². The molecule has 4 nitrogen and oxygen atoms in total. The zero-order chi connectivity index (χ0) is 33.7. The lowest BCUT2D eigenvalue weighted by Crippen LogP contribution is -2.11. The number of nitrogens with zero attached hydrogens (tertiary/aromatic N) is 2. The second-order valence-electron chi connectivity index (χ2n) is 12.8. The number of oxazole rings is 1. The molecule has 10 aromatic rings. The van der Waals surface area contributed by atoms with E-state index in [0.717, 1.165) is 66.8 Å². The number of anilines is 3. The third-order valence-corrected chi connectivity index (χ3v) is 9.68. The van der Waals surface area contributed by atoms with Crippen LogP contribution in [0.3, 0.4) is 0 Å². The van der Waals surface area contributed by atoms with Gasteiger partial charge in [0.1, 0.15) is 16.7 Å². The summed E-state index contributed by atoms with van der Waals surface area (Å²) in [5.41, 5.74) is 11.7. The van der Waals surface area contributed by atoms with Crippen molar-refractivity contribution in [1.29, 1.82) is 0 Å². The summed E-state index contributed by atoms with van der Waals surface area (Å²) in [6, 6.07) is 63.5. The highest BCUT2D eigenvalue weighted by Gasteiger charge is 2.23. The minimum Gasteiger partial charge on any atom is -0.456 e. The maximum Gasteiger partial charge on any atom is 0.227 e. The zero-order valence-electron chi connectivity index (χ0n) is 27.5. The largest absolute Gasteiger partial charge is 0.456 e. The van der Waals surface area contributed by atoms with E-state index in [1.165, 1.54) is 16.3 Å². The zero-order valence-corrected chi connectivity index (χ0v) is 27.5. The van der Waals surface area contributed by atoms with E-state index in [2.05, 4.69) is 138 Å². The van der Waals surface area contributed by atoms with Crippen LogP contribution < -0.4 is 4.90 Å². The van der Waals surface area contributed by atoms with Crippen LogP contribution in [0.5, 0.6) is 0 Å². The third kappa shape index (κ3) is 5.04. The van der Waals surface area contributed by atoms with Crippen LogP contribution >= 0.6 is 0 Å². The standard InChI is InChI=1S/C47H30N2O2/c1-3-12-31(13-4-1)33-24-26-37(27-25-33)49(41-19-10-9-18-38(41)36-23-22-32-14-7-8-17-35(32)28-36)42-20-11-21-43-46(42)39-29-45-40(30-44(39)50-43)48-47(51-45)34-15-5-2-6-16-34/h1-30H. The van der Waals surface area contributed by atoms with Crippen LogP contribution in [0.4, 0.5) is 17.1 Å². The number of hydrogen-bond donors (Lipinski definition) is 0. The first-order valence-corrected chi connectivity index (χ1v) is 17.1. The average Bonchev–Trinajstić information content (AvgIpc) is 3.79. The number of furan rings is 1. The molecule has 8 aromatic carbocycles. The molecule has 2 heterocycles. The first-order valence-electron chi connectivity index (χ1n) is 17.1. The molecule has 0 atom stereocenters. The summed E-state index contributed by atoms with van der Waals surface area (Å²) < 4.78 is 12.9. The highest BCUT2D eigenvalue weighted by Crippen LogP contribution is 2.47. The first kappa shape index (κ1) is 29.0. The molecule has 0 amide bonds. The fraction of sp³-hybridized carbons (Fsp3) is 0. The lowest BCUT2D eigenvalue weighted by molar-refractivity contribution is 0.620. The van der Waals surface area contributed by atoms with E-state index in [9.17, 15) is 0 Å². The van der Waals surface area contributed by atoms with Crippen molar-refractivity contribution in [2.75, 3.05) is 4.90 Å². The maximum atomic E-state index is 6.57. The molecule has 0 saturated carbocycles. The fourth-order valence-corrected chi connectivity index (χ4v) is 7.23. The quantitative estimate of drug-likeness (QED) is 0.179. The monoisotopic (exact) mass is 654 g/mol. The normalized spacial score (nSPS) is 11.5. The Balaban J connectivity index is 1.20. The third-order valence-electron chi connectivity index (χ3n) is 9.68. The van der Waals surface area contributed by atoms with Crippen molar-refractivity contribution in [2.45, 2.75) is 0 Å². The van der Waals surface area contributed by atoms with Crippen molar-refractivity contribution in [2.24, 2.45) is 0 Å². The van der Waals surface area contributed by atoms with Gasteiger partial charge in [-0.25, -0.2) is 4.98 Å². The molecule has 0 radical (unpaired) electrons. The lowest BCUT2D eigenvalue weighted by Gasteiger charge is -2.28. The minimum atomic E-state index is 0.590.